The Morgan fingerprint density at radius 1 is 1.38 bits per heavy atom. The van der Waals surface area contributed by atoms with Crippen molar-refractivity contribution in [2.75, 3.05) is 33.5 Å². The molecule has 1 aliphatic carbocycles. The van der Waals surface area contributed by atoms with E-state index < -0.39 is 11.5 Å². The summed E-state index contributed by atoms with van der Waals surface area (Å²) in [4.78, 5) is 19.0. The number of carbonyl (C=O) groups excluding carboxylic acids is 1. The third-order valence-electron chi connectivity index (χ3n) is 3.61. The standard InChI is InChI=1S/C14H23N3O4/c1-19-8-9-20-6-3-7-21-12(18)11-10-16-13(17-11)14(15)4-2-5-14/h10H,2-9,15H2,1H3,(H,16,17). The number of rotatable bonds is 9. The number of aromatic nitrogens is 2. The topological polar surface area (TPSA) is 99.5 Å². The van der Waals surface area contributed by atoms with Crippen molar-refractivity contribution < 1.29 is 19.0 Å². The smallest absolute Gasteiger partial charge is 0.356 e. The normalized spacial score (nSPS) is 16.5. The number of ether oxygens (including phenoxy) is 3. The Morgan fingerprint density at radius 2 is 2.19 bits per heavy atom. The fourth-order valence-electron chi connectivity index (χ4n) is 2.12. The van der Waals surface area contributed by atoms with E-state index in [1.807, 2.05) is 0 Å². The van der Waals surface area contributed by atoms with Gasteiger partial charge in [-0.25, -0.2) is 9.78 Å². The molecule has 0 radical (unpaired) electrons. The number of nitrogens with one attached hydrogen (secondary N) is 1. The van der Waals surface area contributed by atoms with Gasteiger partial charge in [0, 0.05) is 20.1 Å². The van der Waals surface area contributed by atoms with Crippen LogP contribution in [-0.4, -0.2) is 49.5 Å². The number of H-pyrrole nitrogens is 1. The summed E-state index contributed by atoms with van der Waals surface area (Å²) in [6.07, 6.45) is 5.03. The molecule has 0 saturated heterocycles. The van der Waals surface area contributed by atoms with Gasteiger partial charge in [0.05, 0.1) is 31.6 Å². The fraction of sp³-hybridized carbons (Fsp3) is 0.714. The van der Waals surface area contributed by atoms with Gasteiger partial charge in [-0.15, -0.1) is 0 Å². The minimum atomic E-state index is -0.409. The molecule has 7 nitrogen and oxygen atoms in total. The van der Waals surface area contributed by atoms with Crippen LogP contribution < -0.4 is 5.73 Å². The van der Waals surface area contributed by atoms with Gasteiger partial charge in [0.15, 0.2) is 0 Å². The fourth-order valence-corrected chi connectivity index (χ4v) is 2.12. The molecule has 1 saturated carbocycles. The zero-order chi connectivity index (χ0) is 15.1. The predicted molar refractivity (Wildman–Crippen MR) is 75.9 cm³/mol. The lowest BCUT2D eigenvalue weighted by atomic mass is 9.77. The average Bonchev–Trinajstić information content (AvgIpc) is 2.93. The Morgan fingerprint density at radius 3 is 2.86 bits per heavy atom. The SMILES string of the molecule is COCCOCCCOC(=O)c1cnc(C2(N)CCC2)[nH]1. The van der Waals surface area contributed by atoms with Crippen molar-refractivity contribution in [3.63, 3.8) is 0 Å². The summed E-state index contributed by atoms with van der Waals surface area (Å²) in [5, 5.41) is 0. The minimum absolute atomic E-state index is 0.313. The summed E-state index contributed by atoms with van der Waals surface area (Å²) in [5.74, 6) is 0.261. The van der Waals surface area contributed by atoms with Crippen LogP contribution in [0, 0.1) is 0 Å². The first kappa shape index (κ1) is 15.9. The molecule has 0 amide bonds. The molecular weight excluding hydrogens is 274 g/mol. The number of carbonyl (C=O) groups is 1. The van der Waals surface area contributed by atoms with Gasteiger partial charge >= 0.3 is 5.97 Å². The summed E-state index contributed by atoms with van der Waals surface area (Å²) in [6, 6.07) is 0. The summed E-state index contributed by atoms with van der Waals surface area (Å²) in [7, 11) is 1.62. The van der Waals surface area contributed by atoms with E-state index in [0.717, 1.165) is 19.3 Å². The lowest BCUT2D eigenvalue weighted by molar-refractivity contribution is 0.0380. The lowest BCUT2D eigenvalue weighted by Gasteiger charge is -2.35. The average molecular weight is 297 g/mol. The minimum Gasteiger partial charge on any atom is -0.461 e. The Balaban J connectivity index is 1.67. The Kier molecular flexibility index (Phi) is 5.72. The summed E-state index contributed by atoms with van der Waals surface area (Å²) < 4.78 is 15.3. The first-order chi connectivity index (χ1) is 10.2. The molecule has 0 unspecified atom stereocenters. The van der Waals surface area contributed by atoms with E-state index in [4.69, 9.17) is 19.9 Å². The molecule has 0 aromatic carbocycles. The monoisotopic (exact) mass is 297 g/mol. The molecule has 1 aromatic rings. The number of methoxy groups -OCH3 is 1. The first-order valence-corrected chi connectivity index (χ1v) is 7.24. The van der Waals surface area contributed by atoms with Crippen molar-refractivity contribution in [1.29, 1.82) is 0 Å². The second-order valence-electron chi connectivity index (χ2n) is 5.25. The second-order valence-corrected chi connectivity index (χ2v) is 5.25. The van der Waals surface area contributed by atoms with Crippen molar-refractivity contribution in [1.82, 2.24) is 9.97 Å². The van der Waals surface area contributed by atoms with Crippen LogP contribution in [-0.2, 0) is 19.7 Å². The van der Waals surface area contributed by atoms with E-state index in [2.05, 4.69) is 9.97 Å². The molecule has 1 fully saturated rings. The van der Waals surface area contributed by atoms with E-state index in [1.165, 1.54) is 6.20 Å². The molecular formula is C14H23N3O4. The molecule has 2 rings (SSSR count). The molecule has 7 heteroatoms. The van der Waals surface area contributed by atoms with Gasteiger partial charge in [-0.05, 0) is 19.3 Å². The van der Waals surface area contributed by atoms with Gasteiger partial charge in [-0.3, -0.25) is 0 Å². The van der Waals surface area contributed by atoms with E-state index in [9.17, 15) is 4.79 Å². The highest BCUT2D eigenvalue weighted by atomic mass is 16.5. The number of nitrogens with two attached hydrogens (primary N) is 1. The van der Waals surface area contributed by atoms with Crippen molar-refractivity contribution in [2.24, 2.45) is 5.73 Å². The van der Waals surface area contributed by atoms with Crippen molar-refractivity contribution in [3.05, 3.63) is 17.7 Å². The van der Waals surface area contributed by atoms with Crippen molar-refractivity contribution >= 4 is 5.97 Å². The zero-order valence-electron chi connectivity index (χ0n) is 12.4. The Bertz CT molecular complexity index is 457. The zero-order valence-corrected chi connectivity index (χ0v) is 12.4. The Labute approximate surface area is 124 Å². The summed E-state index contributed by atoms with van der Waals surface area (Å²) in [6.45, 7) is 1.97. The van der Waals surface area contributed by atoms with Gasteiger partial charge < -0.3 is 24.9 Å². The largest absolute Gasteiger partial charge is 0.461 e. The molecule has 0 bridgehead atoms. The number of imidazole rings is 1. The van der Waals surface area contributed by atoms with Crippen LogP contribution in [0.3, 0.4) is 0 Å². The second kappa shape index (κ2) is 7.53. The van der Waals surface area contributed by atoms with Gasteiger partial charge in [0.25, 0.3) is 0 Å². The number of hydrogen-bond acceptors (Lipinski definition) is 6. The van der Waals surface area contributed by atoms with Gasteiger partial charge in [-0.2, -0.15) is 0 Å². The molecule has 0 spiro atoms. The third-order valence-corrected chi connectivity index (χ3v) is 3.61. The third kappa shape index (κ3) is 4.26. The highest BCUT2D eigenvalue weighted by Gasteiger charge is 2.37. The Hall–Kier alpha value is -1.44. The lowest BCUT2D eigenvalue weighted by Crippen LogP contribution is -2.44. The quantitative estimate of drug-likeness (QED) is 0.520. The van der Waals surface area contributed by atoms with Crippen LogP contribution in [0.15, 0.2) is 6.20 Å². The van der Waals surface area contributed by atoms with Crippen LogP contribution in [0.2, 0.25) is 0 Å². The number of hydrogen-bond donors (Lipinski definition) is 2. The first-order valence-electron chi connectivity index (χ1n) is 7.24. The molecule has 1 heterocycles. The molecule has 0 atom stereocenters. The van der Waals surface area contributed by atoms with E-state index in [0.29, 0.717) is 44.4 Å². The van der Waals surface area contributed by atoms with Gasteiger partial charge in [0.1, 0.15) is 11.5 Å². The maximum absolute atomic E-state index is 11.8. The number of esters is 1. The molecule has 118 valence electrons. The van der Waals surface area contributed by atoms with E-state index in [1.54, 1.807) is 7.11 Å². The maximum Gasteiger partial charge on any atom is 0.356 e. The summed E-state index contributed by atoms with van der Waals surface area (Å²) >= 11 is 0. The van der Waals surface area contributed by atoms with Crippen LogP contribution in [0.25, 0.3) is 0 Å². The highest BCUT2D eigenvalue weighted by molar-refractivity contribution is 5.87. The maximum atomic E-state index is 11.8. The van der Waals surface area contributed by atoms with Crippen molar-refractivity contribution in [2.45, 2.75) is 31.2 Å². The van der Waals surface area contributed by atoms with E-state index >= 15 is 0 Å². The van der Waals surface area contributed by atoms with Crippen LogP contribution in [0.5, 0.6) is 0 Å². The van der Waals surface area contributed by atoms with Crippen LogP contribution in [0.1, 0.15) is 42.0 Å². The van der Waals surface area contributed by atoms with Gasteiger partial charge in [-0.1, -0.05) is 0 Å². The van der Waals surface area contributed by atoms with Crippen molar-refractivity contribution in [3.8, 4) is 0 Å². The molecule has 3 N–H and O–H groups in total. The van der Waals surface area contributed by atoms with Crippen LogP contribution >= 0.6 is 0 Å². The molecule has 0 aliphatic heterocycles. The number of aromatic amines is 1. The number of nitrogens with zero attached hydrogens (tertiary/aromatic N) is 1. The van der Waals surface area contributed by atoms with Gasteiger partial charge in [0.2, 0.25) is 0 Å². The molecule has 1 aliphatic rings. The predicted octanol–water partition coefficient (Wildman–Crippen LogP) is 0.958. The summed E-state index contributed by atoms with van der Waals surface area (Å²) in [5.41, 5.74) is 6.10. The highest BCUT2D eigenvalue weighted by Crippen LogP contribution is 2.36. The van der Waals surface area contributed by atoms with E-state index in [-0.39, 0.29) is 0 Å². The molecule has 1 aromatic heterocycles. The molecule has 21 heavy (non-hydrogen) atoms. The van der Waals surface area contributed by atoms with Crippen LogP contribution in [0.4, 0.5) is 0 Å².